The Bertz CT molecular complexity index is 1510. The normalized spacial score (nSPS) is 12.5. The van der Waals surface area contributed by atoms with Gasteiger partial charge in [-0.25, -0.2) is 23.9 Å². The van der Waals surface area contributed by atoms with E-state index in [0.717, 1.165) is 27.7 Å². The van der Waals surface area contributed by atoms with E-state index in [1.165, 1.54) is 11.3 Å². The lowest BCUT2D eigenvalue weighted by atomic mass is 10.0. The van der Waals surface area contributed by atoms with Gasteiger partial charge in [0.05, 0.1) is 23.1 Å². The molecule has 7 nitrogen and oxygen atoms in total. The molecule has 0 saturated heterocycles. The van der Waals surface area contributed by atoms with Crippen LogP contribution in [0.4, 0.5) is 5.82 Å². The summed E-state index contributed by atoms with van der Waals surface area (Å²) in [5.41, 5.74) is 4.12. The van der Waals surface area contributed by atoms with Crippen LogP contribution >= 0.6 is 11.3 Å². The highest BCUT2D eigenvalue weighted by atomic mass is 32.2. The van der Waals surface area contributed by atoms with Gasteiger partial charge in [-0.1, -0.05) is 48.5 Å². The van der Waals surface area contributed by atoms with E-state index < -0.39 is 11.0 Å². The van der Waals surface area contributed by atoms with E-state index in [0.29, 0.717) is 28.2 Å². The second kappa shape index (κ2) is 10.2. The molecule has 0 amide bonds. The van der Waals surface area contributed by atoms with Crippen molar-refractivity contribution in [3.63, 3.8) is 0 Å². The average Bonchev–Trinajstić information content (AvgIpc) is 3.38. The Morgan fingerprint density at radius 3 is 2.47 bits per heavy atom. The van der Waals surface area contributed by atoms with Gasteiger partial charge in [0.2, 0.25) is 0 Å². The van der Waals surface area contributed by atoms with Crippen LogP contribution in [-0.2, 0) is 17.5 Å². The molecule has 0 aliphatic rings. The Kier molecular flexibility index (Phi) is 6.86. The van der Waals surface area contributed by atoms with Gasteiger partial charge in [-0.2, -0.15) is 0 Å². The van der Waals surface area contributed by atoms with Gasteiger partial charge < -0.3 is 5.32 Å². The molecule has 1 atom stereocenters. The van der Waals surface area contributed by atoms with Crippen molar-refractivity contribution in [2.45, 2.75) is 37.2 Å². The zero-order valence-corrected chi connectivity index (χ0v) is 21.9. The van der Waals surface area contributed by atoms with Crippen molar-refractivity contribution in [1.82, 2.24) is 24.7 Å². The highest BCUT2D eigenvalue weighted by Gasteiger charge is 2.20. The Hall–Kier alpha value is -3.53. The molecule has 182 valence electrons. The van der Waals surface area contributed by atoms with E-state index in [1.807, 2.05) is 74.7 Å². The number of hydrogen-bond acceptors (Lipinski definition) is 7. The molecule has 0 saturated carbocycles. The Morgan fingerprint density at radius 1 is 0.917 bits per heavy atom. The summed E-state index contributed by atoms with van der Waals surface area (Å²) in [5, 5.41) is 6.25. The van der Waals surface area contributed by atoms with Crippen molar-refractivity contribution in [2.75, 3.05) is 5.32 Å². The summed E-state index contributed by atoms with van der Waals surface area (Å²) in [5.74, 6) is 1.18. The lowest BCUT2D eigenvalue weighted by Gasteiger charge is -2.18. The van der Waals surface area contributed by atoms with Gasteiger partial charge in [-0.3, -0.25) is 4.98 Å². The van der Waals surface area contributed by atoms with E-state index in [9.17, 15) is 4.21 Å². The van der Waals surface area contributed by atoms with Crippen LogP contribution in [0.1, 0.15) is 26.5 Å². The molecule has 0 bridgehead atoms. The maximum atomic E-state index is 12.7. The lowest BCUT2D eigenvalue weighted by Crippen LogP contribution is -2.37. The number of rotatable bonds is 7. The highest BCUT2D eigenvalue weighted by molar-refractivity contribution is 7.85. The molecule has 3 heterocycles. The van der Waals surface area contributed by atoms with Crippen LogP contribution in [0.2, 0.25) is 0 Å². The van der Waals surface area contributed by atoms with Crippen molar-refractivity contribution in [3.8, 4) is 22.6 Å². The molecule has 36 heavy (non-hydrogen) atoms. The van der Waals surface area contributed by atoms with E-state index in [-0.39, 0.29) is 5.54 Å². The van der Waals surface area contributed by atoms with Crippen molar-refractivity contribution < 1.29 is 4.21 Å². The molecule has 1 unspecified atom stereocenters. The van der Waals surface area contributed by atoms with Gasteiger partial charge in [-0.05, 0) is 50.1 Å². The molecule has 0 aliphatic heterocycles. The van der Waals surface area contributed by atoms with E-state index in [4.69, 9.17) is 9.97 Å². The summed E-state index contributed by atoms with van der Waals surface area (Å²) in [6.45, 7) is 6.42. The second-order valence-electron chi connectivity index (χ2n) is 9.26. The number of benzene rings is 2. The molecule has 0 radical (unpaired) electrons. The fourth-order valence-corrected chi connectivity index (χ4v) is 5.69. The third kappa shape index (κ3) is 5.48. The van der Waals surface area contributed by atoms with Crippen molar-refractivity contribution in [1.29, 1.82) is 0 Å². The summed E-state index contributed by atoms with van der Waals surface area (Å²) in [6, 6.07) is 22.1. The molecule has 3 aromatic heterocycles. The predicted molar refractivity (Wildman–Crippen MR) is 147 cm³/mol. The third-order valence-electron chi connectivity index (χ3n) is 5.24. The first kappa shape index (κ1) is 24.2. The van der Waals surface area contributed by atoms with Crippen LogP contribution in [0.5, 0.6) is 0 Å². The van der Waals surface area contributed by atoms with Gasteiger partial charge in [-0.15, -0.1) is 11.3 Å². The minimum Gasteiger partial charge on any atom is -0.364 e. The summed E-state index contributed by atoms with van der Waals surface area (Å²) in [6.07, 6.45) is 1.78. The number of thiazole rings is 1. The third-order valence-corrected chi connectivity index (χ3v) is 7.82. The van der Waals surface area contributed by atoms with E-state index >= 15 is 0 Å². The van der Waals surface area contributed by atoms with E-state index in [2.05, 4.69) is 38.2 Å². The largest absolute Gasteiger partial charge is 0.364 e. The summed E-state index contributed by atoms with van der Waals surface area (Å²) < 4.78 is 16.3. The predicted octanol–water partition coefficient (Wildman–Crippen LogP) is 5.84. The molecule has 9 heteroatoms. The van der Waals surface area contributed by atoms with Gasteiger partial charge in [0, 0.05) is 17.1 Å². The van der Waals surface area contributed by atoms with Crippen LogP contribution in [0, 0.1) is 0 Å². The quantitative estimate of drug-likeness (QED) is 0.284. The minimum atomic E-state index is -1.42. The fraction of sp³-hybridized carbons (Fsp3) is 0.185. The average molecular weight is 515 g/mol. The Morgan fingerprint density at radius 2 is 1.72 bits per heavy atom. The molecule has 0 aliphatic carbocycles. The van der Waals surface area contributed by atoms with Crippen LogP contribution < -0.4 is 10.0 Å². The first-order valence-electron chi connectivity index (χ1n) is 11.5. The van der Waals surface area contributed by atoms with Gasteiger partial charge in [0.25, 0.3) is 0 Å². The van der Waals surface area contributed by atoms with Crippen molar-refractivity contribution in [3.05, 3.63) is 84.0 Å². The maximum Gasteiger partial charge on any atom is 0.197 e. The Balaban J connectivity index is 1.59. The summed E-state index contributed by atoms with van der Waals surface area (Å²) in [4.78, 5) is 18.8. The number of nitrogens with zero attached hydrogens (tertiary/aromatic N) is 4. The number of pyridine rings is 1. The highest BCUT2D eigenvalue weighted by Crippen LogP contribution is 2.34. The van der Waals surface area contributed by atoms with Crippen LogP contribution in [0.3, 0.4) is 0 Å². The number of hydrogen-bond donors (Lipinski definition) is 2. The monoisotopic (exact) mass is 514 g/mol. The molecular formula is C27H26N6OS2. The van der Waals surface area contributed by atoms with Crippen molar-refractivity contribution >= 4 is 39.0 Å². The zero-order valence-electron chi connectivity index (χ0n) is 20.2. The van der Waals surface area contributed by atoms with Gasteiger partial charge in [0.15, 0.2) is 21.1 Å². The van der Waals surface area contributed by atoms with Crippen molar-refractivity contribution in [2.24, 2.45) is 0 Å². The second-order valence-corrected chi connectivity index (χ2v) is 11.5. The summed E-state index contributed by atoms with van der Waals surface area (Å²) >= 11 is 1.33. The van der Waals surface area contributed by atoms with Crippen LogP contribution in [-0.4, -0.2) is 29.7 Å². The first-order valence-corrected chi connectivity index (χ1v) is 13.6. The molecule has 5 aromatic rings. The van der Waals surface area contributed by atoms with Gasteiger partial charge >= 0.3 is 0 Å². The Labute approximate surface area is 216 Å². The number of anilines is 1. The molecule has 5 rings (SSSR count). The smallest absolute Gasteiger partial charge is 0.197 e. The number of nitrogens with one attached hydrogen (secondary N) is 2. The van der Waals surface area contributed by atoms with Crippen LogP contribution in [0.25, 0.3) is 33.5 Å². The molecular weight excluding hydrogens is 488 g/mol. The molecule has 0 fully saturated rings. The van der Waals surface area contributed by atoms with E-state index in [1.54, 1.807) is 6.20 Å². The summed E-state index contributed by atoms with van der Waals surface area (Å²) in [7, 11) is -1.42. The lowest BCUT2D eigenvalue weighted by molar-refractivity contribution is 0.519. The molecule has 0 spiro atoms. The topological polar surface area (TPSA) is 92.7 Å². The fourth-order valence-electron chi connectivity index (χ4n) is 3.73. The first-order chi connectivity index (χ1) is 17.4. The molecule has 2 aromatic carbocycles. The molecule has 2 N–H and O–H groups in total. The standard InChI is InChI=1S/C27H26N6OS2/c1-27(2,3)33-36(34)26-31-22(17-35-26)24-30-21-14-9-13-20(18-10-5-4-6-11-18)23(21)25(32-24)29-16-19-12-7-8-15-28-19/h4-15,17,33H,16H2,1-3H3,(H,29,30,32). The minimum absolute atomic E-state index is 0.299. The zero-order chi connectivity index (χ0) is 25.1. The number of fused-ring (bicyclic) bond motifs is 1. The van der Waals surface area contributed by atoms with Gasteiger partial charge in [0.1, 0.15) is 11.5 Å². The SMILES string of the molecule is CC(C)(C)NS(=O)c1nc(-c2nc(NCc3ccccn3)c3c(-c4ccccc4)cccc3n2)cs1. The number of aromatic nitrogens is 4. The maximum absolute atomic E-state index is 12.7. The van der Waals surface area contributed by atoms with Crippen LogP contribution in [0.15, 0.2) is 82.6 Å².